The molecule has 2 aromatic carbocycles. The number of fused-ring (bicyclic) bond motifs is 1. The number of aromatic nitrogens is 1. The molecule has 0 unspecified atom stereocenters. The van der Waals surface area contributed by atoms with Gasteiger partial charge in [-0.25, -0.2) is 4.98 Å². The minimum atomic E-state index is -0.682. The maximum Gasteiger partial charge on any atom is 0.258 e. The molecular weight excluding hydrogens is 422 g/mol. The van der Waals surface area contributed by atoms with E-state index in [1.165, 1.54) is 11.3 Å². The molecule has 1 atom stereocenters. The second-order valence-corrected chi connectivity index (χ2v) is 8.33. The number of anilines is 1. The number of para-hydroxylation sites is 2. The van der Waals surface area contributed by atoms with Gasteiger partial charge in [-0.05, 0) is 42.7 Å². The molecule has 1 aromatic heterocycles. The van der Waals surface area contributed by atoms with Crippen molar-refractivity contribution in [1.82, 2.24) is 10.3 Å². The van der Waals surface area contributed by atoms with Crippen molar-refractivity contribution in [3.63, 3.8) is 0 Å². The van der Waals surface area contributed by atoms with Crippen LogP contribution in [0.2, 0.25) is 0 Å². The highest BCUT2D eigenvalue weighted by Crippen LogP contribution is 2.32. The fourth-order valence-corrected chi connectivity index (χ4v) is 4.10. The lowest BCUT2D eigenvalue weighted by Crippen LogP contribution is -2.45. The third-order valence-electron chi connectivity index (χ3n) is 4.21. The van der Waals surface area contributed by atoms with Crippen LogP contribution in [-0.2, 0) is 9.59 Å². The lowest BCUT2D eigenvalue weighted by molar-refractivity contribution is -0.127. The molecule has 9 heteroatoms. The minimum Gasteiger partial charge on any atom is -0.494 e. The lowest BCUT2D eigenvalue weighted by atomic mass is 10.2. The van der Waals surface area contributed by atoms with Gasteiger partial charge in [0.2, 0.25) is 5.91 Å². The first-order valence-electron chi connectivity index (χ1n) is 9.31. The van der Waals surface area contributed by atoms with Crippen LogP contribution in [-0.4, -0.2) is 48.6 Å². The molecule has 0 radical (unpaired) electrons. The van der Waals surface area contributed by atoms with Crippen LogP contribution in [0.1, 0.15) is 6.42 Å². The van der Waals surface area contributed by atoms with E-state index in [1.54, 1.807) is 31.0 Å². The topological polar surface area (TPSA) is 89.6 Å². The Balaban J connectivity index is 1.63. The number of thiazole rings is 1. The highest BCUT2D eigenvalue weighted by atomic mass is 32.2. The number of hydrogen-bond donors (Lipinski definition) is 2. The molecule has 0 aliphatic heterocycles. The number of rotatable bonds is 10. The zero-order valence-electron chi connectivity index (χ0n) is 16.7. The third kappa shape index (κ3) is 5.87. The van der Waals surface area contributed by atoms with Crippen LogP contribution >= 0.6 is 23.1 Å². The second kappa shape index (κ2) is 10.8. The first kappa shape index (κ1) is 21.9. The molecule has 0 saturated heterocycles. The Hall–Kier alpha value is -2.78. The van der Waals surface area contributed by atoms with Crippen LogP contribution in [0.3, 0.4) is 0 Å². The number of ether oxygens (including phenoxy) is 2. The number of thioether (sulfide) groups is 1. The molecule has 2 N–H and O–H groups in total. The lowest BCUT2D eigenvalue weighted by Gasteiger charge is -2.17. The predicted molar refractivity (Wildman–Crippen MR) is 122 cm³/mol. The van der Waals surface area contributed by atoms with Crippen molar-refractivity contribution in [2.45, 2.75) is 12.5 Å². The molecule has 30 heavy (non-hydrogen) atoms. The van der Waals surface area contributed by atoms with Gasteiger partial charge in [-0.2, -0.15) is 11.8 Å². The number of benzene rings is 2. The number of carbonyl (C=O) groups excluding carboxylic acids is 2. The number of carbonyl (C=O) groups is 2. The molecular formula is C21H23N3O4S2. The first-order chi connectivity index (χ1) is 14.6. The van der Waals surface area contributed by atoms with Crippen molar-refractivity contribution in [2.75, 3.05) is 31.0 Å². The Morgan fingerprint density at radius 3 is 2.70 bits per heavy atom. The molecule has 7 nitrogen and oxygen atoms in total. The third-order valence-corrected chi connectivity index (χ3v) is 5.79. The molecule has 3 aromatic rings. The average molecular weight is 446 g/mol. The van der Waals surface area contributed by atoms with Gasteiger partial charge < -0.3 is 20.1 Å². The van der Waals surface area contributed by atoms with E-state index in [9.17, 15) is 9.59 Å². The summed E-state index contributed by atoms with van der Waals surface area (Å²) in [6, 6.07) is 14.0. The van der Waals surface area contributed by atoms with Gasteiger partial charge in [0, 0.05) is 0 Å². The standard InChI is InChI=1S/C21H23N3O4S2/c1-27-16-9-6-10-17-19(16)23-21(30-17)24-20(26)15(11-12-29-2)22-18(25)13-28-14-7-4-3-5-8-14/h3-10,15H,11-13H2,1-2H3,(H,22,25)(H,23,24,26)/t15-/m1/s1. The maximum absolute atomic E-state index is 12.8. The Labute approximate surface area is 183 Å². The van der Waals surface area contributed by atoms with Crippen molar-refractivity contribution in [3.8, 4) is 11.5 Å². The van der Waals surface area contributed by atoms with Gasteiger partial charge in [-0.3, -0.25) is 9.59 Å². The molecule has 1 heterocycles. The summed E-state index contributed by atoms with van der Waals surface area (Å²) in [4.78, 5) is 29.6. The first-order valence-corrected chi connectivity index (χ1v) is 11.5. The summed E-state index contributed by atoms with van der Waals surface area (Å²) in [6.45, 7) is -0.161. The summed E-state index contributed by atoms with van der Waals surface area (Å²) in [6.07, 6.45) is 2.45. The van der Waals surface area contributed by atoms with E-state index in [-0.39, 0.29) is 18.4 Å². The molecule has 0 aliphatic rings. The Bertz CT molecular complexity index is 994. The van der Waals surface area contributed by atoms with Gasteiger partial charge in [-0.1, -0.05) is 35.6 Å². The smallest absolute Gasteiger partial charge is 0.258 e. The van der Waals surface area contributed by atoms with E-state index >= 15 is 0 Å². The molecule has 2 amide bonds. The normalized spacial score (nSPS) is 11.7. The average Bonchev–Trinajstić information content (AvgIpc) is 3.18. The van der Waals surface area contributed by atoms with Crippen molar-refractivity contribution >= 4 is 50.3 Å². The fourth-order valence-electron chi connectivity index (χ4n) is 2.74. The minimum absolute atomic E-state index is 0.161. The van der Waals surface area contributed by atoms with Gasteiger partial charge >= 0.3 is 0 Å². The van der Waals surface area contributed by atoms with Crippen molar-refractivity contribution in [1.29, 1.82) is 0 Å². The number of nitrogens with zero attached hydrogens (tertiary/aromatic N) is 1. The molecule has 0 saturated carbocycles. The highest BCUT2D eigenvalue weighted by molar-refractivity contribution is 7.98. The number of hydrogen-bond acceptors (Lipinski definition) is 7. The largest absolute Gasteiger partial charge is 0.494 e. The highest BCUT2D eigenvalue weighted by Gasteiger charge is 2.22. The van der Waals surface area contributed by atoms with E-state index in [2.05, 4.69) is 15.6 Å². The Morgan fingerprint density at radius 1 is 1.17 bits per heavy atom. The van der Waals surface area contributed by atoms with Crippen LogP contribution in [0.5, 0.6) is 11.5 Å². The SMILES string of the molecule is COc1cccc2sc(NC(=O)[C@@H](CCSC)NC(=O)COc3ccccc3)nc12. The zero-order valence-corrected chi connectivity index (χ0v) is 18.3. The second-order valence-electron chi connectivity index (χ2n) is 6.32. The van der Waals surface area contributed by atoms with Crippen LogP contribution in [0, 0.1) is 0 Å². The van der Waals surface area contributed by atoms with E-state index in [1.807, 2.05) is 42.7 Å². The van der Waals surface area contributed by atoms with Gasteiger partial charge in [0.1, 0.15) is 23.1 Å². The molecule has 0 fully saturated rings. The van der Waals surface area contributed by atoms with Gasteiger partial charge in [0.25, 0.3) is 5.91 Å². The monoisotopic (exact) mass is 445 g/mol. The number of nitrogens with one attached hydrogen (secondary N) is 2. The van der Waals surface area contributed by atoms with E-state index in [0.29, 0.717) is 28.6 Å². The summed E-state index contributed by atoms with van der Waals surface area (Å²) in [5.74, 6) is 1.31. The molecule has 3 rings (SSSR count). The van der Waals surface area contributed by atoms with Crippen LogP contribution in [0.4, 0.5) is 5.13 Å². The summed E-state index contributed by atoms with van der Waals surface area (Å²) < 4.78 is 11.7. The quantitative estimate of drug-likeness (QED) is 0.496. The van der Waals surface area contributed by atoms with Gasteiger partial charge in [0.05, 0.1) is 11.8 Å². The van der Waals surface area contributed by atoms with E-state index in [0.717, 1.165) is 10.5 Å². The molecule has 158 valence electrons. The predicted octanol–water partition coefficient (Wildman–Crippen LogP) is 3.56. The summed E-state index contributed by atoms with van der Waals surface area (Å²) in [7, 11) is 1.58. The zero-order chi connectivity index (χ0) is 21.3. The van der Waals surface area contributed by atoms with Crippen molar-refractivity contribution in [3.05, 3.63) is 48.5 Å². The van der Waals surface area contributed by atoms with Gasteiger partial charge in [-0.15, -0.1) is 0 Å². The molecule has 0 spiro atoms. The summed E-state index contributed by atoms with van der Waals surface area (Å²) in [5, 5.41) is 6.04. The maximum atomic E-state index is 12.8. The summed E-state index contributed by atoms with van der Waals surface area (Å²) in [5.41, 5.74) is 0.696. The van der Waals surface area contributed by atoms with E-state index in [4.69, 9.17) is 9.47 Å². The van der Waals surface area contributed by atoms with E-state index < -0.39 is 6.04 Å². The molecule has 0 aliphatic carbocycles. The Morgan fingerprint density at radius 2 is 1.97 bits per heavy atom. The summed E-state index contributed by atoms with van der Waals surface area (Å²) >= 11 is 2.96. The van der Waals surface area contributed by atoms with Gasteiger partial charge in [0.15, 0.2) is 11.7 Å². The van der Waals surface area contributed by atoms with Crippen LogP contribution in [0.15, 0.2) is 48.5 Å². The number of methoxy groups -OCH3 is 1. The number of amides is 2. The van der Waals surface area contributed by atoms with Crippen molar-refractivity contribution < 1.29 is 19.1 Å². The Kier molecular flexibility index (Phi) is 7.92. The molecule has 0 bridgehead atoms. The van der Waals surface area contributed by atoms with Crippen LogP contribution in [0.25, 0.3) is 10.2 Å². The van der Waals surface area contributed by atoms with Crippen LogP contribution < -0.4 is 20.1 Å². The van der Waals surface area contributed by atoms with Crippen molar-refractivity contribution in [2.24, 2.45) is 0 Å². The fraction of sp³-hybridized carbons (Fsp3) is 0.286.